The number of fused-ring (bicyclic) bond motifs is 5. The third-order valence-corrected chi connectivity index (χ3v) is 10.9. The van der Waals surface area contributed by atoms with Crippen molar-refractivity contribution in [2.45, 2.75) is 48.0 Å². The van der Waals surface area contributed by atoms with Gasteiger partial charge in [0.1, 0.15) is 0 Å². The molecule has 0 saturated heterocycles. The lowest BCUT2D eigenvalue weighted by Crippen LogP contribution is -2.14. The zero-order valence-electron chi connectivity index (χ0n) is 36.4. The highest BCUT2D eigenvalue weighted by Crippen LogP contribution is 2.43. The zero-order chi connectivity index (χ0) is 42.5. The van der Waals surface area contributed by atoms with Crippen LogP contribution in [0.1, 0.15) is 52.3 Å². The van der Waals surface area contributed by atoms with Crippen LogP contribution in [0.2, 0.25) is 0 Å². The van der Waals surface area contributed by atoms with Gasteiger partial charge in [-0.2, -0.15) is 0 Å². The summed E-state index contributed by atoms with van der Waals surface area (Å²) in [5, 5.41) is 3.78. The first-order valence-electron chi connectivity index (χ1n) is 21.6. The Morgan fingerprint density at radius 3 is 1.56 bits per heavy atom. The van der Waals surface area contributed by atoms with Crippen molar-refractivity contribution in [3.63, 3.8) is 0 Å². The van der Waals surface area contributed by atoms with E-state index in [0.29, 0.717) is 0 Å². The molecule has 0 radical (unpaired) electrons. The Labute approximate surface area is 361 Å². The Bertz CT molecular complexity index is 2890. The molecule has 10 rings (SSSR count). The van der Waals surface area contributed by atoms with E-state index in [2.05, 4.69) is 242 Å². The lowest BCUT2D eigenvalue weighted by atomic mass is 10.1. The highest BCUT2D eigenvalue weighted by molar-refractivity contribution is 6.09. The number of benzene rings is 7. The maximum atomic E-state index is 3.36. The number of anilines is 5. The van der Waals surface area contributed by atoms with Gasteiger partial charge in [-0.25, -0.2) is 0 Å². The van der Waals surface area contributed by atoms with E-state index in [-0.39, 0.29) is 0 Å². The Hall–Kier alpha value is -7.04. The van der Waals surface area contributed by atoms with Crippen molar-refractivity contribution in [3.8, 4) is 11.4 Å². The molecule has 0 fully saturated rings. The summed E-state index contributed by atoms with van der Waals surface area (Å²) in [6.07, 6.45) is 5.14. The van der Waals surface area contributed by atoms with Crippen LogP contribution in [0.3, 0.4) is 0 Å². The van der Waals surface area contributed by atoms with Gasteiger partial charge in [0.15, 0.2) is 0 Å². The van der Waals surface area contributed by atoms with Crippen molar-refractivity contribution < 1.29 is 0 Å². The van der Waals surface area contributed by atoms with E-state index in [1.165, 1.54) is 60.9 Å². The number of hydrogen-bond acceptors (Lipinski definition) is 2. The summed E-state index contributed by atoms with van der Waals surface area (Å²) >= 11 is 0. The van der Waals surface area contributed by atoms with E-state index in [4.69, 9.17) is 0 Å². The molecule has 0 amide bonds. The summed E-state index contributed by atoms with van der Waals surface area (Å²) in [5.41, 5.74) is 15.6. The Morgan fingerprint density at radius 2 is 1.02 bits per heavy atom. The van der Waals surface area contributed by atoms with Crippen LogP contribution in [0.25, 0.3) is 49.7 Å². The van der Waals surface area contributed by atoms with Gasteiger partial charge >= 0.3 is 0 Å². The molecule has 9 aromatic rings. The molecule has 0 saturated carbocycles. The normalized spacial score (nSPS) is 12.6. The minimum atomic E-state index is 0.833. The molecular weight excluding hydrogens is 741 g/mol. The standard InChI is InChI=1S/C50H40N4.C4H10.C3H6/c1-3-12-37-34-51(48-18-9-5-14-44(37)48)38-21-23-40(24-22-38)53(41-27-25-39(26-28-41)52-35(2)33-36-13-4-8-17-47(36)52)42-29-31-43(32-30-42)54-49-19-10-6-15-45(49)46-16-7-11-20-50(46)54;1-4(2)3;1-3-2/h4-33H,3,34H2,1-2H3;4H,1-3H3;3H,1H2,2H3/b37-12+;;. The van der Waals surface area contributed by atoms with Gasteiger partial charge in [0.2, 0.25) is 0 Å². The minimum Gasteiger partial charge on any atom is -0.336 e. The molecule has 304 valence electrons. The molecule has 1 aliphatic heterocycles. The molecule has 4 nitrogen and oxygen atoms in total. The molecule has 0 bridgehead atoms. The molecule has 0 aliphatic carbocycles. The number of hydrogen-bond donors (Lipinski definition) is 0. The van der Waals surface area contributed by atoms with Gasteiger partial charge in [0.25, 0.3) is 0 Å². The van der Waals surface area contributed by atoms with Gasteiger partial charge in [-0.05, 0) is 135 Å². The molecule has 0 spiro atoms. The predicted molar refractivity (Wildman–Crippen MR) is 265 cm³/mol. The number of aromatic nitrogens is 2. The minimum absolute atomic E-state index is 0.833. The third-order valence-electron chi connectivity index (χ3n) is 10.9. The smallest absolute Gasteiger partial charge is 0.0541 e. The van der Waals surface area contributed by atoms with Gasteiger partial charge < -0.3 is 18.9 Å². The zero-order valence-corrected chi connectivity index (χ0v) is 36.4. The van der Waals surface area contributed by atoms with Crippen LogP contribution >= 0.6 is 0 Å². The third kappa shape index (κ3) is 8.14. The fraction of sp³-hybridized carbons (Fsp3) is 0.158. The van der Waals surface area contributed by atoms with Gasteiger partial charge in [-0.3, -0.25) is 0 Å². The Balaban J connectivity index is 0.000000687. The fourth-order valence-electron chi connectivity index (χ4n) is 8.54. The maximum absolute atomic E-state index is 3.36. The Morgan fingerprint density at radius 1 is 0.574 bits per heavy atom. The molecule has 4 heteroatoms. The quantitative estimate of drug-likeness (QED) is 0.149. The van der Waals surface area contributed by atoms with Crippen molar-refractivity contribution in [2.75, 3.05) is 16.3 Å². The summed E-state index contributed by atoms with van der Waals surface area (Å²) in [6.45, 7) is 17.0. The second-order valence-corrected chi connectivity index (χ2v) is 16.3. The number of para-hydroxylation sites is 4. The van der Waals surface area contributed by atoms with Gasteiger partial charge in [0, 0.05) is 73.8 Å². The predicted octanol–water partition coefficient (Wildman–Crippen LogP) is 16.3. The van der Waals surface area contributed by atoms with E-state index in [9.17, 15) is 0 Å². The van der Waals surface area contributed by atoms with Crippen LogP contribution < -0.4 is 9.80 Å². The van der Waals surface area contributed by atoms with Crippen LogP contribution in [0.5, 0.6) is 0 Å². The largest absolute Gasteiger partial charge is 0.336 e. The summed E-state index contributed by atoms with van der Waals surface area (Å²) in [5.74, 6) is 0.833. The van der Waals surface area contributed by atoms with Crippen LogP contribution in [0.15, 0.2) is 195 Å². The van der Waals surface area contributed by atoms with Crippen LogP contribution in [0, 0.1) is 12.8 Å². The molecule has 2 aromatic heterocycles. The number of aryl methyl sites for hydroxylation is 1. The molecule has 0 atom stereocenters. The van der Waals surface area contributed by atoms with E-state index in [1.807, 2.05) is 6.92 Å². The highest BCUT2D eigenvalue weighted by atomic mass is 15.2. The summed E-state index contributed by atoms with van der Waals surface area (Å²) in [7, 11) is 0. The van der Waals surface area contributed by atoms with E-state index in [1.54, 1.807) is 6.08 Å². The van der Waals surface area contributed by atoms with Crippen molar-refractivity contribution in [2.24, 2.45) is 5.92 Å². The first-order valence-corrected chi connectivity index (χ1v) is 21.6. The molecule has 1 aliphatic rings. The average Bonchev–Trinajstić information content (AvgIpc) is 3.94. The van der Waals surface area contributed by atoms with E-state index >= 15 is 0 Å². The lowest BCUT2D eigenvalue weighted by Gasteiger charge is -2.27. The van der Waals surface area contributed by atoms with Crippen molar-refractivity contribution in [3.05, 3.63) is 206 Å². The second kappa shape index (κ2) is 18.1. The average molecular weight is 797 g/mol. The summed E-state index contributed by atoms with van der Waals surface area (Å²) < 4.78 is 4.72. The number of nitrogens with zero attached hydrogens (tertiary/aromatic N) is 4. The van der Waals surface area contributed by atoms with Gasteiger partial charge in [-0.15, -0.1) is 6.58 Å². The molecule has 0 N–H and O–H groups in total. The topological polar surface area (TPSA) is 16.3 Å². The number of rotatable bonds is 7. The van der Waals surface area contributed by atoms with Crippen LogP contribution in [-0.4, -0.2) is 15.7 Å². The van der Waals surface area contributed by atoms with Gasteiger partial charge in [-0.1, -0.05) is 113 Å². The fourth-order valence-corrected chi connectivity index (χ4v) is 8.54. The van der Waals surface area contributed by atoms with Crippen molar-refractivity contribution >= 4 is 66.7 Å². The second-order valence-electron chi connectivity index (χ2n) is 16.3. The van der Waals surface area contributed by atoms with Crippen LogP contribution in [0.4, 0.5) is 28.4 Å². The number of allylic oxidation sites excluding steroid dienone is 2. The molecule has 0 unspecified atom stereocenters. The van der Waals surface area contributed by atoms with Crippen molar-refractivity contribution in [1.29, 1.82) is 0 Å². The van der Waals surface area contributed by atoms with E-state index in [0.717, 1.165) is 47.3 Å². The maximum Gasteiger partial charge on any atom is 0.0541 e. The Kier molecular flexibility index (Phi) is 12.1. The first-order chi connectivity index (χ1) is 29.8. The highest BCUT2D eigenvalue weighted by Gasteiger charge is 2.24. The van der Waals surface area contributed by atoms with Crippen molar-refractivity contribution in [1.82, 2.24) is 9.13 Å². The van der Waals surface area contributed by atoms with Gasteiger partial charge in [0.05, 0.1) is 16.6 Å². The summed E-state index contributed by atoms with van der Waals surface area (Å²) in [6, 6.07) is 64.0. The molecule has 3 heterocycles. The SMILES string of the molecule is C=CC.CC(C)C.CC/C=C1\CN(c2ccc(N(c3ccc(-n4c(C)cc5ccccc54)cc3)c3ccc(-n4c5ccccc5c5ccccc54)cc3)cc2)c2ccccc21. The first kappa shape index (κ1) is 40.7. The summed E-state index contributed by atoms with van der Waals surface area (Å²) in [4.78, 5) is 4.80. The molecule has 7 aromatic carbocycles. The molecule has 61 heavy (non-hydrogen) atoms. The lowest BCUT2D eigenvalue weighted by molar-refractivity contribution is 0.737. The monoisotopic (exact) mass is 796 g/mol. The molecular formula is C57H56N4. The van der Waals surface area contributed by atoms with E-state index < -0.39 is 0 Å². The van der Waals surface area contributed by atoms with Crippen LogP contribution in [-0.2, 0) is 0 Å².